The van der Waals surface area contributed by atoms with Crippen LogP contribution in [0.5, 0.6) is 0 Å². The number of anilines is 1. The van der Waals surface area contributed by atoms with Gasteiger partial charge in [-0.05, 0) is 47.9 Å². The van der Waals surface area contributed by atoms with Crippen molar-refractivity contribution in [2.75, 3.05) is 11.6 Å². The van der Waals surface area contributed by atoms with E-state index in [9.17, 15) is 8.42 Å². The number of aromatic nitrogens is 2. The molecule has 0 spiro atoms. The van der Waals surface area contributed by atoms with Gasteiger partial charge in [0.15, 0.2) is 15.7 Å². The zero-order valence-electron chi connectivity index (χ0n) is 14.4. The zero-order valence-corrected chi connectivity index (χ0v) is 15.9. The first-order valence-corrected chi connectivity index (χ1v) is 10.3. The Morgan fingerprint density at radius 1 is 1.15 bits per heavy atom. The molecule has 0 fully saturated rings. The smallest absolute Gasteiger partial charge is 0.245 e. The molecule has 0 saturated carbocycles. The van der Waals surface area contributed by atoms with Crippen LogP contribution in [-0.4, -0.2) is 24.8 Å². The minimum atomic E-state index is -3.19. The van der Waals surface area contributed by atoms with Crippen molar-refractivity contribution in [3.8, 4) is 11.1 Å². The lowest BCUT2D eigenvalue weighted by Gasteiger charge is -2.10. The summed E-state index contributed by atoms with van der Waals surface area (Å²) in [5.41, 5.74) is 4.11. The van der Waals surface area contributed by atoms with Crippen molar-refractivity contribution in [1.29, 1.82) is 0 Å². The Bertz CT molecular complexity index is 1030. The lowest BCUT2D eigenvalue weighted by molar-refractivity contribution is 0.379. The number of hydrogen-bond donors (Lipinski definition) is 1. The van der Waals surface area contributed by atoms with Gasteiger partial charge in [-0.2, -0.15) is 4.98 Å². The average Bonchev–Trinajstić information content (AvgIpc) is 2.99. The predicted molar refractivity (Wildman–Crippen MR) is 102 cm³/mol. The topological polar surface area (TPSA) is 85.1 Å². The van der Waals surface area contributed by atoms with Crippen molar-refractivity contribution in [3.05, 3.63) is 64.8 Å². The third-order valence-electron chi connectivity index (χ3n) is 3.72. The monoisotopic (exact) mass is 391 g/mol. The minimum absolute atomic E-state index is 0.164. The maximum atomic E-state index is 11.3. The molecule has 3 rings (SSSR count). The molecule has 0 unspecified atom stereocenters. The van der Waals surface area contributed by atoms with E-state index in [-0.39, 0.29) is 11.6 Å². The van der Waals surface area contributed by atoms with Gasteiger partial charge in [-0.1, -0.05) is 35.0 Å². The fraction of sp³-hybridized carbons (Fsp3) is 0.222. The van der Waals surface area contributed by atoms with Crippen molar-refractivity contribution in [2.24, 2.45) is 0 Å². The van der Waals surface area contributed by atoms with Gasteiger partial charge in [0, 0.05) is 17.0 Å². The van der Waals surface area contributed by atoms with Crippen molar-refractivity contribution >= 4 is 27.1 Å². The average molecular weight is 392 g/mol. The third-order valence-corrected chi connectivity index (χ3v) is 4.73. The van der Waals surface area contributed by atoms with Crippen LogP contribution < -0.4 is 5.32 Å². The van der Waals surface area contributed by atoms with Gasteiger partial charge < -0.3 is 9.84 Å². The molecule has 0 saturated heterocycles. The molecule has 0 aliphatic carbocycles. The highest BCUT2D eigenvalue weighted by molar-refractivity contribution is 7.89. The molecule has 0 atom stereocenters. The summed E-state index contributed by atoms with van der Waals surface area (Å²) in [7, 11) is -3.19. The van der Waals surface area contributed by atoms with Gasteiger partial charge in [0.2, 0.25) is 5.89 Å². The second-order valence-corrected chi connectivity index (χ2v) is 8.64. The first-order valence-electron chi connectivity index (χ1n) is 7.90. The van der Waals surface area contributed by atoms with Crippen LogP contribution in [-0.2, 0) is 22.1 Å². The standard InChI is InChI=1S/C18H18ClN3O3S/c1-12-8-14(13-4-3-5-15(19)9-13)6-7-16(12)20-10-18-21-17(22-25-18)11-26(2,23)24/h3-9,20H,10-11H2,1-2H3. The van der Waals surface area contributed by atoms with Crippen LogP contribution in [0, 0.1) is 6.92 Å². The Morgan fingerprint density at radius 3 is 2.62 bits per heavy atom. The molecule has 0 bridgehead atoms. The van der Waals surface area contributed by atoms with Crippen LogP contribution in [0.15, 0.2) is 47.0 Å². The van der Waals surface area contributed by atoms with Gasteiger partial charge in [0.05, 0.1) is 6.54 Å². The van der Waals surface area contributed by atoms with Crippen LogP contribution in [0.3, 0.4) is 0 Å². The van der Waals surface area contributed by atoms with Crippen LogP contribution in [0.1, 0.15) is 17.3 Å². The highest BCUT2D eigenvalue weighted by Gasteiger charge is 2.12. The maximum Gasteiger partial charge on any atom is 0.245 e. The van der Waals surface area contributed by atoms with Crippen LogP contribution >= 0.6 is 11.6 Å². The van der Waals surface area contributed by atoms with E-state index in [1.165, 1.54) is 0 Å². The second kappa shape index (κ2) is 7.47. The number of rotatable bonds is 6. The Balaban J connectivity index is 1.69. The van der Waals surface area contributed by atoms with E-state index in [0.717, 1.165) is 28.6 Å². The second-order valence-electron chi connectivity index (χ2n) is 6.07. The molecule has 0 aliphatic rings. The molecule has 26 heavy (non-hydrogen) atoms. The van der Waals surface area contributed by atoms with E-state index in [0.29, 0.717) is 17.5 Å². The van der Waals surface area contributed by atoms with E-state index in [2.05, 4.69) is 21.5 Å². The maximum absolute atomic E-state index is 11.3. The third kappa shape index (κ3) is 4.83. The molecular weight excluding hydrogens is 374 g/mol. The lowest BCUT2D eigenvalue weighted by Crippen LogP contribution is -2.04. The zero-order chi connectivity index (χ0) is 18.7. The van der Waals surface area contributed by atoms with E-state index >= 15 is 0 Å². The van der Waals surface area contributed by atoms with Crippen LogP contribution in [0.4, 0.5) is 5.69 Å². The molecular formula is C18H18ClN3O3S. The van der Waals surface area contributed by atoms with Crippen molar-refractivity contribution in [1.82, 2.24) is 10.1 Å². The molecule has 0 aliphatic heterocycles. The Kier molecular flexibility index (Phi) is 5.29. The summed E-state index contributed by atoms with van der Waals surface area (Å²) in [6.07, 6.45) is 1.13. The SMILES string of the molecule is Cc1cc(-c2cccc(Cl)c2)ccc1NCc1nc(CS(C)(=O)=O)no1. The largest absolute Gasteiger partial charge is 0.376 e. The molecule has 0 amide bonds. The quantitative estimate of drug-likeness (QED) is 0.686. The summed E-state index contributed by atoms with van der Waals surface area (Å²) in [4.78, 5) is 4.08. The minimum Gasteiger partial charge on any atom is -0.376 e. The first-order chi connectivity index (χ1) is 12.3. The molecule has 6 nitrogen and oxygen atoms in total. The highest BCUT2D eigenvalue weighted by Crippen LogP contribution is 2.27. The number of hydrogen-bond acceptors (Lipinski definition) is 6. The van der Waals surface area contributed by atoms with E-state index < -0.39 is 9.84 Å². The van der Waals surface area contributed by atoms with Crippen molar-refractivity contribution < 1.29 is 12.9 Å². The summed E-state index contributed by atoms with van der Waals surface area (Å²) in [6.45, 7) is 2.31. The Labute approximate surface area is 157 Å². The number of nitrogens with one attached hydrogen (secondary N) is 1. The molecule has 8 heteroatoms. The fourth-order valence-corrected chi connectivity index (χ4v) is 3.31. The Hall–Kier alpha value is -2.38. The van der Waals surface area contributed by atoms with Gasteiger partial charge in [-0.15, -0.1) is 0 Å². The molecule has 136 valence electrons. The summed E-state index contributed by atoms with van der Waals surface area (Å²) in [5, 5.41) is 7.60. The number of halogens is 1. The van der Waals surface area contributed by atoms with E-state index in [1.54, 1.807) is 0 Å². The van der Waals surface area contributed by atoms with Gasteiger partial charge in [0.1, 0.15) is 5.75 Å². The van der Waals surface area contributed by atoms with Crippen molar-refractivity contribution in [2.45, 2.75) is 19.2 Å². The number of benzene rings is 2. The summed E-state index contributed by atoms with van der Waals surface area (Å²) in [5.74, 6) is 0.267. The van der Waals surface area contributed by atoms with E-state index in [4.69, 9.17) is 16.1 Å². The lowest BCUT2D eigenvalue weighted by atomic mass is 10.0. The summed E-state index contributed by atoms with van der Waals surface area (Å²) in [6, 6.07) is 13.7. The normalized spacial score (nSPS) is 11.5. The van der Waals surface area contributed by atoms with Gasteiger partial charge in [0.25, 0.3) is 0 Å². The molecule has 0 radical (unpaired) electrons. The number of sulfone groups is 1. The van der Waals surface area contributed by atoms with Gasteiger partial charge in [-0.25, -0.2) is 8.42 Å². The predicted octanol–water partition coefficient (Wildman–Crippen LogP) is 3.86. The molecule has 1 aromatic heterocycles. The van der Waals surface area contributed by atoms with Crippen LogP contribution in [0.25, 0.3) is 11.1 Å². The number of nitrogens with zero attached hydrogens (tertiary/aromatic N) is 2. The molecule has 1 heterocycles. The fourth-order valence-electron chi connectivity index (χ4n) is 2.54. The summed E-state index contributed by atoms with van der Waals surface area (Å²) < 4.78 is 27.6. The molecule has 2 aromatic carbocycles. The highest BCUT2D eigenvalue weighted by atomic mass is 35.5. The molecule has 1 N–H and O–H groups in total. The Morgan fingerprint density at radius 2 is 1.92 bits per heavy atom. The number of aryl methyl sites for hydroxylation is 1. The summed E-state index contributed by atoms with van der Waals surface area (Å²) >= 11 is 6.05. The van der Waals surface area contributed by atoms with Gasteiger partial charge in [-0.3, -0.25) is 0 Å². The van der Waals surface area contributed by atoms with E-state index in [1.807, 2.05) is 43.3 Å². The van der Waals surface area contributed by atoms with Crippen molar-refractivity contribution in [3.63, 3.8) is 0 Å². The van der Waals surface area contributed by atoms with Gasteiger partial charge >= 0.3 is 0 Å². The first kappa shape index (κ1) is 18.4. The van der Waals surface area contributed by atoms with Crippen LogP contribution in [0.2, 0.25) is 5.02 Å². The molecule has 3 aromatic rings.